The Morgan fingerprint density at radius 3 is 0.957 bits per heavy atom. The zero-order valence-electron chi connectivity index (χ0n) is 76.4. The third kappa shape index (κ3) is 15.0. The van der Waals surface area contributed by atoms with Crippen molar-refractivity contribution >= 4 is 140 Å². The average molecular weight is 1820 g/mol. The van der Waals surface area contributed by atoms with E-state index in [2.05, 4.69) is 451 Å². The Bertz CT molecular complexity index is 9510. The van der Waals surface area contributed by atoms with E-state index in [1.165, 1.54) is 86.7 Å². The molecule has 9 nitrogen and oxygen atoms in total. The van der Waals surface area contributed by atoms with Crippen molar-refractivity contribution in [2.45, 2.75) is 0 Å². The maximum Gasteiger partial charge on any atom is 0.160 e. The Morgan fingerprint density at radius 2 is 0.532 bits per heavy atom. The molecule has 141 heavy (non-hydrogen) atoms. The van der Waals surface area contributed by atoms with Gasteiger partial charge in [-0.15, -0.1) is 11.3 Å². The molecule has 19 aromatic carbocycles. The van der Waals surface area contributed by atoms with Gasteiger partial charge in [0.2, 0.25) is 0 Å². The normalized spacial score (nSPS) is 11.5. The minimum Gasteiger partial charge on any atom is -0.309 e. The van der Waals surface area contributed by atoms with Gasteiger partial charge in [0, 0.05) is 137 Å². The minimum atomic E-state index is 0.738. The van der Waals surface area contributed by atoms with Crippen LogP contribution in [0.1, 0.15) is 0 Å². The topological polar surface area (TPSA) is 100 Å². The highest BCUT2D eigenvalue weighted by molar-refractivity contribution is 7.26. The molecule has 0 unspecified atom stereocenters. The van der Waals surface area contributed by atoms with Crippen LogP contribution in [0.25, 0.3) is 264 Å². The Morgan fingerprint density at radius 1 is 0.191 bits per heavy atom. The molecular formula is C131H83N9S. The van der Waals surface area contributed by atoms with E-state index in [1.54, 1.807) is 17.5 Å². The molecule has 0 aliphatic rings. The quantitative estimate of drug-likeness (QED) is 0.106. The lowest BCUT2D eigenvalue weighted by molar-refractivity contribution is 1.13. The van der Waals surface area contributed by atoms with Gasteiger partial charge in [-0.25, -0.2) is 24.9 Å². The number of benzene rings is 19. The summed E-state index contributed by atoms with van der Waals surface area (Å²) in [4.78, 5) is 34.9. The van der Waals surface area contributed by atoms with Gasteiger partial charge in [-0.2, -0.15) is 0 Å². The van der Waals surface area contributed by atoms with Crippen molar-refractivity contribution in [1.29, 1.82) is 0 Å². The molecule has 0 fully saturated rings. The summed E-state index contributed by atoms with van der Waals surface area (Å²) < 4.78 is 7.19. The molecule has 0 atom stereocenters. The molecule has 0 saturated carbocycles. The first-order chi connectivity index (χ1) is 69.9. The van der Waals surface area contributed by atoms with Crippen LogP contribution in [-0.2, 0) is 0 Å². The van der Waals surface area contributed by atoms with Gasteiger partial charge in [0.1, 0.15) is 0 Å². The fourth-order valence-electron chi connectivity index (χ4n) is 20.9. The first-order valence-electron chi connectivity index (χ1n) is 47.6. The van der Waals surface area contributed by atoms with E-state index in [9.17, 15) is 0 Å². The molecule has 0 N–H and O–H groups in total. The van der Waals surface area contributed by atoms with Crippen molar-refractivity contribution in [3.8, 4) is 135 Å². The maximum atomic E-state index is 5.23. The standard InChI is InChI=1S/C55H35N3.C41H25N3S.C35H23N3/c1-2-16-36(17-3-1)55-48-26-15-25-42(54(48)47-24-4-9-27-49(47)56-55)38-19-14-18-37(32-38)39-33-40(57-50-28-10-5-20-43(50)44-21-6-11-29-51(44)57)35-41(34-39)58-52-30-12-7-22-45(52)46-23-8-13-31-53(46)58;1-3-13-26(14-4-1)37-33-22-12-21-30(36(33)31-19-7-9-23-34(31)42-37)28-17-11-18-29(25-28)38-40-39(32-20-8-10-24-35(32)45-40)44-41(43-38)27-15-5-2-6-16-27;1-2-10-24(11-3-1)35-30-16-9-15-28(34(30)29-14-4-5-17-31(29)38-35)26-13-8-12-25(22-26)27-19-20-33(37-23-27)32-18-6-7-21-36-32/h1-35H;1-25H;1-23H. The van der Waals surface area contributed by atoms with Gasteiger partial charge in [0.15, 0.2) is 5.82 Å². The van der Waals surface area contributed by atoms with Gasteiger partial charge in [-0.05, 0) is 153 Å². The van der Waals surface area contributed by atoms with E-state index < -0.39 is 0 Å². The highest BCUT2D eigenvalue weighted by atomic mass is 32.1. The van der Waals surface area contributed by atoms with Gasteiger partial charge in [-0.3, -0.25) is 9.97 Å². The Labute approximate surface area is 816 Å². The van der Waals surface area contributed by atoms with Crippen LogP contribution in [0.15, 0.2) is 504 Å². The zero-order valence-corrected chi connectivity index (χ0v) is 77.2. The Balaban J connectivity index is 0.000000111. The molecule has 28 rings (SSSR count). The van der Waals surface area contributed by atoms with Crippen LogP contribution in [-0.4, -0.2) is 44.0 Å². The van der Waals surface area contributed by atoms with Crippen LogP contribution in [0.3, 0.4) is 0 Å². The van der Waals surface area contributed by atoms with Crippen molar-refractivity contribution < 1.29 is 0 Å². The second-order valence-electron chi connectivity index (χ2n) is 35.6. The Hall–Kier alpha value is -18.6. The first-order valence-corrected chi connectivity index (χ1v) is 48.4. The molecule has 0 spiro atoms. The van der Waals surface area contributed by atoms with Crippen molar-refractivity contribution in [2.24, 2.45) is 0 Å². The summed E-state index contributed by atoms with van der Waals surface area (Å²) in [5.74, 6) is 0.738. The molecule has 9 aromatic heterocycles. The number of fused-ring (bicyclic) bond motifs is 18. The molecular weight excluding hydrogens is 1730 g/mol. The lowest BCUT2D eigenvalue weighted by atomic mass is 9.91. The third-order valence-electron chi connectivity index (χ3n) is 27.3. The molecule has 9 heterocycles. The molecule has 0 saturated heterocycles. The fraction of sp³-hybridized carbons (Fsp3) is 0. The van der Waals surface area contributed by atoms with E-state index in [0.717, 1.165) is 177 Å². The van der Waals surface area contributed by atoms with Gasteiger partial charge in [0.05, 0.1) is 83.0 Å². The second kappa shape index (κ2) is 35.6. The summed E-state index contributed by atoms with van der Waals surface area (Å²) in [6.07, 6.45) is 3.72. The van der Waals surface area contributed by atoms with Crippen LogP contribution >= 0.6 is 11.3 Å². The predicted octanol–water partition coefficient (Wildman–Crippen LogP) is 34.6. The Kier molecular flexibility index (Phi) is 20.9. The van der Waals surface area contributed by atoms with Crippen molar-refractivity contribution in [3.05, 3.63) is 504 Å². The number of rotatable bonds is 13. The predicted molar refractivity (Wildman–Crippen MR) is 590 cm³/mol. The summed E-state index contributed by atoms with van der Waals surface area (Å²) in [7, 11) is 0. The number of nitrogens with zero attached hydrogens (tertiary/aromatic N) is 9. The van der Waals surface area contributed by atoms with Crippen LogP contribution in [0.4, 0.5) is 0 Å². The summed E-state index contributed by atoms with van der Waals surface area (Å²) in [6.45, 7) is 0. The van der Waals surface area contributed by atoms with E-state index in [-0.39, 0.29) is 0 Å². The van der Waals surface area contributed by atoms with Gasteiger partial charge < -0.3 is 9.13 Å². The van der Waals surface area contributed by atoms with Gasteiger partial charge in [0.25, 0.3) is 0 Å². The van der Waals surface area contributed by atoms with Crippen LogP contribution in [0, 0.1) is 0 Å². The van der Waals surface area contributed by atoms with E-state index >= 15 is 0 Å². The van der Waals surface area contributed by atoms with Crippen molar-refractivity contribution in [3.63, 3.8) is 0 Å². The molecule has 0 aliphatic heterocycles. The van der Waals surface area contributed by atoms with Crippen molar-refractivity contribution in [1.82, 2.24) is 44.0 Å². The molecule has 28 aromatic rings. The molecule has 0 amide bonds. The van der Waals surface area contributed by atoms with Gasteiger partial charge >= 0.3 is 0 Å². The number of para-hydroxylation sites is 7. The number of thiophene rings is 1. The van der Waals surface area contributed by atoms with Crippen LogP contribution in [0.2, 0.25) is 0 Å². The van der Waals surface area contributed by atoms with E-state index in [1.807, 2.05) is 60.8 Å². The number of pyridine rings is 5. The monoisotopic (exact) mass is 1810 g/mol. The lowest BCUT2D eigenvalue weighted by Crippen LogP contribution is -2.00. The van der Waals surface area contributed by atoms with E-state index in [0.29, 0.717) is 0 Å². The van der Waals surface area contributed by atoms with E-state index in [4.69, 9.17) is 29.9 Å². The summed E-state index contributed by atoms with van der Waals surface area (Å²) in [5, 5.41) is 16.7. The molecule has 658 valence electrons. The molecule has 0 bridgehead atoms. The SMILES string of the molecule is c1ccc(-c2nc(-c3cccc(-c4cccc5c(-c6ccccc6)nc6ccccc6c45)c3)c3sc4ccccc4c3n2)cc1.c1ccc(-c2nc3ccccc3c3c(-c4cccc(-c5cc(-n6c7ccccc7c7ccccc76)cc(-n6c7ccccc7c7ccccc76)c5)c4)cccc23)cc1.c1ccc(-c2nc3ccccc3c3c(-c4cccc(-c5ccc(-c6ccccn6)nc5)c4)cccc23)cc1. The second-order valence-corrected chi connectivity index (χ2v) is 36.7. The summed E-state index contributed by atoms with van der Waals surface area (Å²) >= 11 is 1.76. The summed E-state index contributed by atoms with van der Waals surface area (Å²) in [5.41, 5.74) is 33.6. The molecule has 10 heteroatoms. The smallest absolute Gasteiger partial charge is 0.160 e. The third-order valence-corrected chi connectivity index (χ3v) is 28.5. The maximum absolute atomic E-state index is 5.23. The van der Waals surface area contributed by atoms with Crippen molar-refractivity contribution in [2.75, 3.05) is 0 Å². The molecule has 0 aliphatic carbocycles. The first kappa shape index (κ1) is 83.0. The van der Waals surface area contributed by atoms with Gasteiger partial charge in [-0.1, -0.05) is 388 Å². The number of aromatic nitrogens is 9. The highest BCUT2D eigenvalue weighted by Crippen LogP contribution is 2.48. The molecule has 0 radical (unpaired) electrons. The van der Waals surface area contributed by atoms with Crippen LogP contribution < -0.4 is 0 Å². The number of hydrogen-bond acceptors (Lipinski definition) is 8. The number of hydrogen-bond donors (Lipinski definition) is 0. The average Bonchev–Trinajstić information content (AvgIpc) is 1.64. The largest absolute Gasteiger partial charge is 0.309 e. The lowest BCUT2D eigenvalue weighted by Gasteiger charge is -2.17. The highest BCUT2D eigenvalue weighted by Gasteiger charge is 2.25. The zero-order chi connectivity index (χ0) is 93.2. The minimum absolute atomic E-state index is 0.738. The fourth-order valence-corrected chi connectivity index (χ4v) is 22.1. The van der Waals surface area contributed by atoms with Crippen LogP contribution in [0.5, 0.6) is 0 Å². The summed E-state index contributed by atoms with van der Waals surface area (Å²) in [6, 6.07) is 174.